The van der Waals surface area contributed by atoms with E-state index in [1.165, 1.54) is 0 Å². The molecule has 0 fully saturated rings. The average molecular weight is 403 g/mol. The van der Waals surface area contributed by atoms with Crippen LogP contribution in [-0.2, 0) is 11.3 Å². The number of carbonyl (C=O) groups is 1. The van der Waals surface area contributed by atoms with E-state index in [1.807, 2.05) is 36.5 Å². The molecule has 0 unspecified atom stereocenters. The van der Waals surface area contributed by atoms with Gasteiger partial charge >= 0.3 is 0 Å². The van der Waals surface area contributed by atoms with Crippen LogP contribution in [0.5, 0.6) is 5.75 Å². The molecule has 0 spiro atoms. The van der Waals surface area contributed by atoms with Gasteiger partial charge in [0, 0.05) is 29.3 Å². The summed E-state index contributed by atoms with van der Waals surface area (Å²) >= 11 is 5.85. The normalized spacial score (nSPS) is 10.7. The highest BCUT2D eigenvalue weighted by molar-refractivity contribution is 6.30. The number of amides is 1. The van der Waals surface area contributed by atoms with Crippen LogP contribution in [0.4, 0.5) is 0 Å². The van der Waals surface area contributed by atoms with Gasteiger partial charge in [0.25, 0.3) is 5.91 Å². The standard InChI is InChI=1S/C24H19ClN2O2/c25-19-7-9-20(10-8-19)29-16-24(28)27-14-18-6-11-21(17-4-2-1-3-5-17)22-12-13-26-15-23(18)22/h1-13,15H,14,16H2,(H,27,28). The summed E-state index contributed by atoms with van der Waals surface area (Å²) in [7, 11) is 0. The Labute approximate surface area is 174 Å². The summed E-state index contributed by atoms with van der Waals surface area (Å²) in [6.45, 7) is 0.347. The van der Waals surface area contributed by atoms with E-state index >= 15 is 0 Å². The second kappa shape index (κ2) is 8.76. The molecule has 0 bridgehead atoms. The zero-order valence-corrected chi connectivity index (χ0v) is 16.4. The second-order valence-corrected chi connectivity index (χ2v) is 7.02. The third-order valence-corrected chi connectivity index (χ3v) is 4.90. The van der Waals surface area contributed by atoms with E-state index in [0.717, 1.165) is 27.5 Å². The number of hydrogen-bond acceptors (Lipinski definition) is 3. The van der Waals surface area contributed by atoms with Gasteiger partial charge in [-0.05, 0) is 52.4 Å². The number of halogens is 1. The molecule has 0 saturated heterocycles. The maximum atomic E-state index is 12.2. The van der Waals surface area contributed by atoms with Crippen LogP contribution in [0.25, 0.3) is 21.9 Å². The molecular weight excluding hydrogens is 384 g/mol. The zero-order valence-electron chi connectivity index (χ0n) is 15.6. The van der Waals surface area contributed by atoms with Crippen LogP contribution in [0.3, 0.4) is 0 Å². The molecule has 1 heterocycles. The molecule has 4 rings (SSSR count). The number of fused-ring (bicyclic) bond motifs is 1. The van der Waals surface area contributed by atoms with Gasteiger partial charge in [-0.3, -0.25) is 9.78 Å². The molecule has 5 heteroatoms. The fourth-order valence-corrected chi connectivity index (χ4v) is 3.32. The smallest absolute Gasteiger partial charge is 0.258 e. The SMILES string of the molecule is O=C(COc1ccc(Cl)cc1)NCc1ccc(-c2ccccc2)c2ccncc12. The maximum absolute atomic E-state index is 12.2. The molecule has 0 aliphatic rings. The summed E-state index contributed by atoms with van der Waals surface area (Å²) in [5.74, 6) is 0.413. The Hall–Kier alpha value is -3.37. The van der Waals surface area contributed by atoms with E-state index in [1.54, 1.807) is 30.5 Å². The predicted octanol–water partition coefficient (Wildman–Crippen LogP) is 5.25. The van der Waals surface area contributed by atoms with Crippen molar-refractivity contribution in [2.45, 2.75) is 6.54 Å². The molecule has 0 aliphatic heterocycles. The number of ether oxygens (including phenoxy) is 1. The Bertz CT molecular complexity index is 1130. The number of benzene rings is 3. The third kappa shape index (κ3) is 4.55. The third-order valence-electron chi connectivity index (χ3n) is 4.65. The lowest BCUT2D eigenvalue weighted by molar-refractivity contribution is -0.123. The molecule has 4 aromatic rings. The molecule has 1 aromatic heterocycles. The van der Waals surface area contributed by atoms with Gasteiger partial charge < -0.3 is 10.1 Å². The lowest BCUT2D eigenvalue weighted by atomic mass is 9.96. The monoisotopic (exact) mass is 402 g/mol. The Kier molecular flexibility index (Phi) is 5.73. The van der Waals surface area contributed by atoms with Gasteiger partial charge in [-0.25, -0.2) is 0 Å². The van der Waals surface area contributed by atoms with E-state index in [-0.39, 0.29) is 12.5 Å². The van der Waals surface area contributed by atoms with Gasteiger partial charge in [-0.2, -0.15) is 0 Å². The van der Waals surface area contributed by atoms with Gasteiger partial charge in [0.1, 0.15) is 5.75 Å². The van der Waals surface area contributed by atoms with Crippen molar-refractivity contribution >= 4 is 28.3 Å². The van der Waals surface area contributed by atoms with Gasteiger partial charge in [0.05, 0.1) is 0 Å². The highest BCUT2D eigenvalue weighted by Crippen LogP contribution is 2.30. The summed E-state index contributed by atoms with van der Waals surface area (Å²) in [5, 5.41) is 5.67. The highest BCUT2D eigenvalue weighted by Gasteiger charge is 2.09. The molecule has 0 saturated carbocycles. The molecule has 4 nitrogen and oxygen atoms in total. The zero-order chi connectivity index (χ0) is 20.1. The topological polar surface area (TPSA) is 51.2 Å². The van der Waals surface area contributed by atoms with E-state index in [4.69, 9.17) is 16.3 Å². The summed E-state index contributed by atoms with van der Waals surface area (Å²) in [5.41, 5.74) is 3.30. The van der Waals surface area contributed by atoms with Crippen molar-refractivity contribution in [2.75, 3.05) is 6.61 Å². The molecule has 144 valence electrons. The molecule has 29 heavy (non-hydrogen) atoms. The molecule has 0 radical (unpaired) electrons. The van der Waals surface area contributed by atoms with Crippen molar-refractivity contribution in [2.24, 2.45) is 0 Å². The van der Waals surface area contributed by atoms with Crippen molar-refractivity contribution < 1.29 is 9.53 Å². The predicted molar refractivity (Wildman–Crippen MR) is 116 cm³/mol. The fourth-order valence-electron chi connectivity index (χ4n) is 3.20. The van der Waals surface area contributed by atoms with E-state index in [0.29, 0.717) is 17.3 Å². The first-order valence-corrected chi connectivity index (χ1v) is 9.64. The lowest BCUT2D eigenvalue weighted by Crippen LogP contribution is -2.28. The number of hydrogen-bond donors (Lipinski definition) is 1. The Morgan fingerprint density at radius 2 is 1.72 bits per heavy atom. The van der Waals surface area contributed by atoms with Crippen molar-refractivity contribution in [3.8, 4) is 16.9 Å². The summed E-state index contributed by atoms with van der Waals surface area (Å²) in [6, 6.07) is 23.3. The van der Waals surface area contributed by atoms with Crippen LogP contribution in [-0.4, -0.2) is 17.5 Å². The van der Waals surface area contributed by atoms with E-state index in [9.17, 15) is 4.79 Å². The summed E-state index contributed by atoms with van der Waals surface area (Å²) in [6.07, 6.45) is 3.63. The molecule has 3 aromatic carbocycles. The summed E-state index contributed by atoms with van der Waals surface area (Å²) in [4.78, 5) is 16.5. The fraction of sp³-hybridized carbons (Fsp3) is 0.0833. The highest BCUT2D eigenvalue weighted by atomic mass is 35.5. The van der Waals surface area contributed by atoms with Crippen LogP contribution >= 0.6 is 11.6 Å². The first-order valence-electron chi connectivity index (χ1n) is 9.27. The quantitative estimate of drug-likeness (QED) is 0.479. The van der Waals surface area contributed by atoms with Gasteiger partial charge in [-0.15, -0.1) is 0 Å². The molecule has 1 N–H and O–H groups in total. The Balaban J connectivity index is 1.47. The van der Waals surface area contributed by atoms with E-state index in [2.05, 4.69) is 28.5 Å². The maximum Gasteiger partial charge on any atom is 0.258 e. The van der Waals surface area contributed by atoms with Crippen LogP contribution < -0.4 is 10.1 Å². The van der Waals surface area contributed by atoms with Crippen LogP contribution in [0, 0.1) is 0 Å². The first-order chi connectivity index (χ1) is 14.2. The van der Waals surface area contributed by atoms with Crippen molar-refractivity contribution in [1.82, 2.24) is 10.3 Å². The van der Waals surface area contributed by atoms with Crippen molar-refractivity contribution in [3.63, 3.8) is 0 Å². The molecule has 1 amide bonds. The largest absolute Gasteiger partial charge is 0.484 e. The second-order valence-electron chi connectivity index (χ2n) is 6.58. The number of carbonyl (C=O) groups excluding carboxylic acids is 1. The van der Waals surface area contributed by atoms with Crippen LogP contribution in [0.2, 0.25) is 5.02 Å². The average Bonchev–Trinajstić information content (AvgIpc) is 2.77. The molecule has 0 atom stereocenters. The number of aromatic nitrogens is 1. The number of nitrogens with zero attached hydrogens (tertiary/aromatic N) is 1. The number of rotatable bonds is 6. The number of pyridine rings is 1. The van der Waals surface area contributed by atoms with E-state index < -0.39 is 0 Å². The van der Waals surface area contributed by atoms with Crippen molar-refractivity contribution in [3.05, 3.63) is 95.8 Å². The Morgan fingerprint density at radius 1 is 0.931 bits per heavy atom. The number of nitrogens with one attached hydrogen (secondary N) is 1. The minimum Gasteiger partial charge on any atom is -0.484 e. The first kappa shape index (κ1) is 19.0. The minimum absolute atomic E-state index is 0.0556. The van der Waals surface area contributed by atoms with Gasteiger partial charge in [0.2, 0.25) is 0 Å². The van der Waals surface area contributed by atoms with Crippen LogP contribution in [0.15, 0.2) is 85.2 Å². The molecule has 0 aliphatic carbocycles. The van der Waals surface area contributed by atoms with Gasteiger partial charge in [0.15, 0.2) is 6.61 Å². The van der Waals surface area contributed by atoms with Crippen molar-refractivity contribution in [1.29, 1.82) is 0 Å². The Morgan fingerprint density at radius 3 is 2.52 bits per heavy atom. The summed E-state index contributed by atoms with van der Waals surface area (Å²) < 4.78 is 5.49. The minimum atomic E-state index is -0.191. The molecular formula is C24H19ClN2O2. The van der Waals surface area contributed by atoms with Gasteiger partial charge in [-0.1, -0.05) is 54.1 Å². The lowest BCUT2D eigenvalue weighted by Gasteiger charge is -2.12. The van der Waals surface area contributed by atoms with Crippen LogP contribution in [0.1, 0.15) is 5.56 Å².